The predicted octanol–water partition coefficient (Wildman–Crippen LogP) is 2.52. The van der Waals surface area contributed by atoms with Crippen molar-refractivity contribution in [1.29, 1.82) is 0 Å². The highest BCUT2D eigenvalue weighted by Gasteiger charge is 2.13. The van der Waals surface area contributed by atoms with Crippen LogP contribution in [0.15, 0.2) is 4.99 Å². The number of nitrogens with zero attached hydrogens (tertiary/aromatic N) is 1. The predicted molar refractivity (Wildman–Crippen MR) is 101 cm³/mol. The fourth-order valence-electron chi connectivity index (χ4n) is 2.44. The van der Waals surface area contributed by atoms with Crippen LogP contribution in [-0.2, 0) is 9.47 Å². The standard InChI is InChI=1S/C17H35N3O2S/c1-3-18-17(19-9-4-5-14-23-2)20-10-6-11-22-15-16-7-12-21-13-8-16/h16H,3-15H2,1-2H3,(H2,18,19,20). The molecule has 1 rings (SSSR count). The van der Waals surface area contributed by atoms with E-state index >= 15 is 0 Å². The number of hydrogen-bond acceptors (Lipinski definition) is 4. The number of hydrogen-bond donors (Lipinski definition) is 2. The Balaban J connectivity index is 2.03. The molecule has 1 saturated heterocycles. The van der Waals surface area contributed by atoms with Gasteiger partial charge in [-0.15, -0.1) is 0 Å². The third-order valence-corrected chi connectivity index (χ3v) is 4.52. The molecule has 0 aromatic carbocycles. The van der Waals surface area contributed by atoms with Gasteiger partial charge in [-0.2, -0.15) is 11.8 Å². The van der Waals surface area contributed by atoms with E-state index in [0.717, 1.165) is 71.3 Å². The van der Waals surface area contributed by atoms with Crippen LogP contribution in [-0.4, -0.2) is 64.0 Å². The molecule has 1 fully saturated rings. The highest BCUT2D eigenvalue weighted by atomic mass is 32.2. The van der Waals surface area contributed by atoms with Gasteiger partial charge in [0, 0.05) is 46.1 Å². The molecule has 0 atom stereocenters. The molecule has 6 heteroatoms. The Morgan fingerprint density at radius 2 is 2.04 bits per heavy atom. The van der Waals surface area contributed by atoms with Crippen molar-refractivity contribution in [3.05, 3.63) is 0 Å². The van der Waals surface area contributed by atoms with Crippen LogP contribution in [0.1, 0.15) is 39.0 Å². The molecule has 0 unspecified atom stereocenters. The largest absolute Gasteiger partial charge is 0.381 e. The van der Waals surface area contributed by atoms with E-state index in [9.17, 15) is 0 Å². The summed E-state index contributed by atoms with van der Waals surface area (Å²) in [5.41, 5.74) is 0. The van der Waals surface area contributed by atoms with E-state index in [1.807, 2.05) is 11.8 Å². The SMILES string of the molecule is CCNC(=NCCCOCC1CCOCC1)NCCCCSC. The average Bonchev–Trinajstić information content (AvgIpc) is 2.58. The van der Waals surface area contributed by atoms with Gasteiger partial charge < -0.3 is 20.1 Å². The topological polar surface area (TPSA) is 54.9 Å². The monoisotopic (exact) mass is 345 g/mol. The smallest absolute Gasteiger partial charge is 0.191 e. The number of unbranched alkanes of at least 4 members (excludes halogenated alkanes) is 1. The first-order valence-corrected chi connectivity index (χ1v) is 10.4. The highest BCUT2D eigenvalue weighted by molar-refractivity contribution is 7.98. The van der Waals surface area contributed by atoms with Crippen LogP contribution in [0.5, 0.6) is 0 Å². The summed E-state index contributed by atoms with van der Waals surface area (Å²) in [6, 6.07) is 0. The van der Waals surface area contributed by atoms with Crippen molar-refractivity contribution in [2.45, 2.75) is 39.0 Å². The van der Waals surface area contributed by atoms with Gasteiger partial charge in [-0.05, 0) is 57.0 Å². The van der Waals surface area contributed by atoms with Gasteiger partial charge in [0.2, 0.25) is 0 Å². The van der Waals surface area contributed by atoms with Gasteiger partial charge in [-0.25, -0.2) is 0 Å². The van der Waals surface area contributed by atoms with Crippen LogP contribution in [0.4, 0.5) is 0 Å². The molecule has 0 aliphatic carbocycles. The van der Waals surface area contributed by atoms with Gasteiger partial charge in [0.1, 0.15) is 0 Å². The molecule has 5 nitrogen and oxygen atoms in total. The molecule has 2 N–H and O–H groups in total. The van der Waals surface area contributed by atoms with Crippen molar-refractivity contribution >= 4 is 17.7 Å². The second-order valence-corrected chi connectivity index (χ2v) is 6.86. The van der Waals surface area contributed by atoms with E-state index in [2.05, 4.69) is 28.8 Å². The van der Waals surface area contributed by atoms with Crippen LogP contribution in [0.3, 0.4) is 0 Å². The number of thioether (sulfide) groups is 1. The lowest BCUT2D eigenvalue weighted by atomic mass is 10.0. The Morgan fingerprint density at radius 1 is 1.22 bits per heavy atom. The van der Waals surface area contributed by atoms with E-state index in [-0.39, 0.29) is 0 Å². The summed E-state index contributed by atoms with van der Waals surface area (Å²) in [5.74, 6) is 2.86. The van der Waals surface area contributed by atoms with Crippen LogP contribution in [0.2, 0.25) is 0 Å². The Kier molecular flexibility index (Phi) is 13.5. The van der Waals surface area contributed by atoms with Gasteiger partial charge in [0.15, 0.2) is 5.96 Å². The van der Waals surface area contributed by atoms with E-state index in [1.165, 1.54) is 18.6 Å². The maximum absolute atomic E-state index is 5.77. The number of rotatable bonds is 12. The van der Waals surface area contributed by atoms with Crippen molar-refractivity contribution in [1.82, 2.24) is 10.6 Å². The summed E-state index contributed by atoms with van der Waals surface area (Å²) < 4.78 is 11.1. The molecule has 136 valence electrons. The van der Waals surface area contributed by atoms with E-state index < -0.39 is 0 Å². The van der Waals surface area contributed by atoms with E-state index in [0.29, 0.717) is 5.92 Å². The number of nitrogens with one attached hydrogen (secondary N) is 2. The molecule has 23 heavy (non-hydrogen) atoms. The fraction of sp³-hybridized carbons (Fsp3) is 0.941. The Labute approximate surface area is 146 Å². The van der Waals surface area contributed by atoms with Crippen molar-refractivity contribution in [3.8, 4) is 0 Å². The molecule has 1 aliphatic rings. The summed E-state index contributed by atoms with van der Waals surface area (Å²) in [5, 5.41) is 6.69. The Morgan fingerprint density at radius 3 is 2.78 bits per heavy atom. The zero-order chi connectivity index (χ0) is 16.6. The maximum Gasteiger partial charge on any atom is 0.191 e. The number of guanidine groups is 1. The minimum atomic E-state index is 0.688. The van der Waals surface area contributed by atoms with Crippen LogP contribution in [0.25, 0.3) is 0 Å². The minimum Gasteiger partial charge on any atom is -0.381 e. The van der Waals surface area contributed by atoms with Crippen LogP contribution < -0.4 is 10.6 Å². The van der Waals surface area contributed by atoms with Crippen molar-refractivity contribution < 1.29 is 9.47 Å². The zero-order valence-electron chi connectivity index (χ0n) is 14.9. The molecule has 0 spiro atoms. The van der Waals surface area contributed by atoms with Crippen molar-refractivity contribution in [2.75, 3.05) is 58.1 Å². The molecular weight excluding hydrogens is 310 g/mol. The third-order valence-electron chi connectivity index (χ3n) is 3.82. The fourth-order valence-corrected chi connectivity index (χ4v) is 2.93. The van der Waals surface area contributed by atoms with Gasteiger partial charge in [0.05, 0.1) is 0 Å². The maximum atomic E-state index is 5.77. The summed E-state index contributed by atoms with van der Waals surface area (Å²) in [6.07, 6.45) is 7.87. The quantitative estimate of drug-likeness (QED) is 0.323. The first-order valence-electron chi connectivity index (χ1n) is 9.03. The van der Waals surface area contributed by atoms with E-state index in [4.69, 9.17) is 9.47 Å². The summed E-state index contributed by atoms with van der Waals surface area (Å²) in [4.78, 5) is 4.60. The lowest BCUT2D eigenvalue weighted by molar-refractivity contribution is 0.0205. The Bertz CT molecular complexity index is 298. The Hall–Kier alpha value is -0.460. The highest BCUT2D eigenvalue weighted by Crippen LogP contribution is 2.14. The summed E-state index contributed by atoms with van der Waals surface area (Å²) in [6.45, 7) is 8.27. The minimum absolute atomic E-state index is 0.688. The number of ether oxygens (including phenoxy) is 2. The normalized spacial score (nSPS) is 16.5. The molecule has 0 aromatic rings. The first kappa shape index (κ1) is 20.6. The van der Waals surface area contributed by atoms with Crippen LogP contribution in [0, 0.1) is 5.92 Å². The molecule has 1 aliphatic heterocycles. The van der Waals surface area contributed by atoms with E-state index in [1.54, 1.807) is 0 Å². The molecular formula is C17H35N3O2S. The summed E-state index contributed by atoms with van der Waals surface area (Å²) in [7, 11) is 0. The van der Waals surface area contributed by atoms with Crippen molar-refractivity contribution in [3.63, 3.8) is 0 Å². The molecule has 1 heterocycles. The van der Waals surface area contributed by atoms with Gasteiger partial charge in [-0.3, -0.25) is 4.99 Å². The zero-order valence-corrected chi connectivity index (χ0v) is 15.8. The lowest BCUT2D eigenvalue weighted by Crippen LogP contribution is -2.38. The molecule has 0 radical (unpaired) electrons. The molecule has 0 aromatic heterocycles. The second-order valence-electron chi connectivity index (χ2n) is 5.87. The van der Waals surface area contributed by atoms with Gasteiger partial charge in [0.25, 0.3) is 0 Å². The molecule has 0 bridgehead atoms. The van der Waals surface area contributed by atoms with Crippen LogP contribution >= 0.6 is 11.8 Å². The first-order chi connectivity index (χ1) is 11.4. The number of aliphatic imine (C=N–C) groups is 1. The van der Waals surface area contributed by atoms with Gasteiger partial charge in [-0.1, -0.05) is 0 Å². The molecule has 0 amide bonds. The van der Waals surface area contributed by atoms with Crippen molar-refractivity contribution in [2.24, 2.45) is 10.9 Å². The average molecular weight is 346 g/mol. The molecule has 0 saturated carbocycles. The summed E-state index contributed by atoms with van der Waals surface area (Å²) >= 11 is 1.91. The third kappa shape index (κ3) is 11.7. The lowest BCUT2D eigenvalue weighted by Gasteiger charge is -2.21. The second kappa shape index (κ2) is 15.1. The van der Waals surface area contributed by atoms with Gasteiger partial charge >= 0.3 is 0 Å².